The molecule has 0 bridgehead atoms. The molecule has 0 aromatic carbocycles. The Morgan fingerprint density at radius 1 is 1.43 bits per heavy atom. The third kappa shape index (κ3) is 3.69. The number of carboxylic acid groups (broad SMARTS) is 1. The van der Waals surface area contributed by atoms with E-state index in [4.69, 9.17) is 5.11 Å². The molecule has 0 radical (unpaired) electrons. The van der Waals surface area contributed by atoms with Crippen LogP contribution in [0.4, 0.5) is 0 Å². The molecule has 1 atom stereocenters. The third-order valence-corrected chi connectivity index (χ3v) is 2.20. The number of nitrogens with one attached hydrogen (secondary N) is 2. The highest BCUT2D eigenvalue weighted by Crippen LogP contribution is 2.05. The average molecular weight is 218 g/mol. The van der Waals surface area contributed by atoms with E-state index in [0.717, 1.165) is 0 Å². The van der Waals surface area contributed by atoms with Gasteiger partial charge in [0.1, 0.15) is 6.04 Å². The molecule has 5 nitrogen and oxygen atoms in total. The summed E-state index contributed by atoms with van der Waals surface area (Å²) in [5, 5.41) is 13.6. The van der Waals surface area contributed by atoms with Gasteiger partial charge < -0.3 is 15.7 Å². The summed E-state index contributed by atoms with van der Waals surface area (Å²) in [5.74, 6) is -1.59. The average Bonchev–Trinajstić information content (AvgIpc) is 2.14. The van der Waals surface area contributed by atoms with E-state index in [1.807, 2.05) is 0 Å². The van der Waals surface area contributed by atoms with Crippen molar-refractivity contribution in [2.45, 2.75) is 19.9 Å². The van der Waals surface area contributed by atoms with Gasteiger partial charge in [0.15, 0.2) is 0 Å². The van der Waals surface area contributed by atoms with E-state index in [-0.39, 0.29) is 4.91 Å². The zero-order valence-electron chi connectivity index (χ0n) is 8.29. The first-order valence-corrected chi connectivity index (χ1v) is 4.46. The number of hydrogen-bond donors (Lipinski definition) is 4. The van der Waals surface area contributed by atoms with E-state index in [0.29, 0.717) is 5.70 Å². The molecule has 80 valence electrons. The van der Waals surface area contributed by atoms with Crippen molar-refractivity contribution in [1.29, 1.82) is 0 Å². The van der Waals surface area contributed by atoms with Crippen LogP contribution in [0.5, 0.6) is 0 Å². The predicted octanol–water partition coefficient (Wildman–Crippen LogP) is -0.0436. The number of amides is 1. The van der Waals surface area contributed by atoms with Crippen LogP contribution in [0.1, 0.15) is 13.8 Å². The summed E-state index contributed by atoms with van der Waals surface area (Å²) < 4.78 is 0. The van der Waals surface area contributed by atoms with Gasteiger partial charge >= 0.3 is 5.97 Å². The van der Waals surface area contributed by atoms with Crippen molar-refractivity contribution in [1.82, 2.24) is 10.6 Å². The summed E-state index contributed by atoms with van der Waals surface area (Å²) in [4.78, 5) is 21.9. The lowest BCUT2D eigenvalue weighted by atomic mass is 10.3. The molecule has 3 N–H and O–H groups in total. The molecule has 0 heterocycles. The summed E-state index contributed by atoms with van der Waals surface area (Å²) in [6, 6.07) is -0.922. The van der Waals surface area contributed by atoms with Gasteiger partial charge in [-0.05, 0) is 13.8 Å². The monoisotopic (exact) mass is 218 g/mol. The number of carboxylic acids is 1. The van der Waals surface area contributed by atoms with E-state index in [2.05, 4.69) is 23.3 Å². The standard InChI is InChI=1S/C8H14N2O3S/c1-4(9-3)6(14)7(11)10-5(2)8(12)13/h5,9,14H,1-3H3,(H,10,11)(H,12,13)/b6-4-. The second-order valence-electron chi connectivity index (χ2n) is 2.76. The van der Waals surface area contributed by atoms with Crippen molar-refractivity contribution in [3.8, 4) is 0 Å². The highest BCUT2D eigenvalue weighted by molar-refractivity contribution is 7.85. The highest BCUT2D eigenvalue weighted by atomic mass is 32.1. The van der Waals surface area contributed by atoms with Crippen LogP contribution in [0.2, 0.25) is 0 Å². The molecule has 0 saturated carbocycles. The van der Waals surface area contributed by atoms with Crippen molar-refractivity contribution >= 4 is 24.5 Å². The number of carbonyl (C=O) groups excluding carboxylic acids is 1. The zero-order valence-corrected chi connectivity index (χ0v) is 9.18. The van der Waals surface area contributed by atoms with Crippen molar-refractivity contribution in [2.75, 3.05) is 7.05 Å². The quantitative estimate of drug-likeness (QED) is 0.394. The Hall–Kier alpha value is -1.17. The first-order chi connectivity index (χ1) is 6.40. The lowest BCUT2D eigenvalue weighted by Crippen LogP contribution is -2.39. The molecule has 0 aliphatic heterocycles. The molecule has 0 aliphatic rings. The lowest BCUT2D eigenvalue weighted by Gasteiger charge is -2.10. The molecule has 1 amide bonds. The molecule has 1 unspecified atom stereocenters. The molecule has 0 spiro atoms. The van der Waals surface area contributed by atoms with Gasteiger partial charge in [-0.2, -0.15) is 0 Å². The predicted molar refractivity (Wildman–Crippen MR) is 56.0 cm³/mol. The van der Waals surface area contributed by atoms with Crippen LogP contribution >= 0.6 is 12.6 Å². The number of aliphatic carboxylic acids is 1. The molecule has 0 saturated heterocycles. The van der Waals surface area contributed by atoms with Gasteiger partial charge in [-0.25, -0.2) is 0 Å². The smallest absolute Gasteiger partial charge is 0.325 e. The van der Waals surface area contributed by atoms with Crippen LogP contribution in [-0.2, 0) is 9.59 Å². The van der Waals surface area contributed by atoms with E-state index >= 15 is 0 Å². The fourth-order valence-corrected chi connectivity index (χ4v) is 0.792. The minimum atomic E-state index is -1.08. The Bertz CT molecular complexity index is 276. The number of carbonyl (C=O) groups is 2. The minimum Gasteiger partial charge on any atom is -0.480 e. The first-order valence-electron chi connectivity index (χ1n) is 4.01. The van der Waals surface area contributed by atoms with Crippen molar-refractivity contribution in [3.63, 3.8) is 0 Å². The molecule has 0 aromatic heterocycles. The van der Waals surface area contributed by atoms with Crippen LogP contribution in [0.25, 0.3) is 0 Å². The number of thiol groups is 1. The first kappa shape index (κ1) is 12.8. The van der Waals surface area contributed by atoms with Gasteiger partial charge in [0, 0.05) is 12.7 Å². The Morgan fingerprint density at radius 2 is 1.93 bits per heavy atom. The third-order valence-electron chi connectivity index (χ3n) is 1.66. The van der Waals surface area contributed by atoms with Gasteiger partial charge in [-0.1, -0.05) is 0 Å². The van der Waals surface area contributed by atoms with Crippen LogP contribution in [-0.4, -0.2) is 30.1 Å². The maximum Gasteiger partial charge on any atom is 0.325 e. The second kappa shape index (κ2) is 5.54. The summed E-state index contributed by atoms with van der Waals surface area (Å²) in [5.41, 5.74) is 0.587. The van der Waals surface area contributed by atoms with E-state index < -0.39 is 17.9 Å². The van der Waals surface area contributed by atoms with E-state index in [9.17, 15) is 9.59 Å². The Kier molecular flexibility index (Phi) is 5.07. The van der Waals surface area contributed by atoms with Crippen molar-refractivity contribution in [3.05, 3.63) is 10.6 Å². The Morgan fingerprint density at radius 3 is 2.29 bits per heavy atom. The zero-order chi connectivity index (χ0) is 11.3. The van der Waals surface area contributed by atoms with Crippen LogP contribution in [0.15, 0.2) is 10.6 Å². The topological polar surface area (TPSA) is 78.4 Å². The van der Waals surface area contributed by atoms with Crippen LogP contribution in [0.3, 0.4) is 0 Å². The summed E-state index contributed by atoms with van der Waals surface area (Å²) >= 11 is 3.96. The van der Waals surface area contributed by atoms with Gasteiger partial charge in [0.05, 0.1) is 4.91 Å². The minimum absolute atomic E-state index is 0.181. The molecule has 0 aliphatic carbocycles. The summed E-state index contributed by atoms with van der Waals surface area (Å²) in [6.07, 6.45) is 0. The number of hydrogen-bond acceptors (Lipinski definition) is 4. The van der Waals surface area contributed by atoms with Crippen LogP contribution < -0.4 is 10.6 Å². The Balaban J connectivity index is 4.44. The summed E-state index contributed by atoms with van der Waals surface area (Å²) in [6.45, 7) is 3.06. The lowest BCUT2D eigenvalue weighted by molar-refractivity contribution is -0.140. The molecule has 0 fully saturated rings. The number of rotatable bonds is 4. The summed E-state index contributed by atoms with van der Waals surface area (Å²) in [7, 11) is 1.65. The van der Waals surface area contributed by atoms with Gasteiger partial charge in [0.25, 0.3) is 5.91 Å². The van der Waals surface area contributed by atoms with Crippen molar-refractivity contribution < 1.29 is 14.7 Å². The Labute approximate surface area is 88.0 Å². The highest BCUT2D eigenvalue weighted by Gasteiger charge is 2.16. The van der Waals surface area contributed by atoms with Crippen LogP contribution in [0, 0.1) is 0 Å². The second-order valence-corrected chi connectivity index (χ2v) is 3.20. The fraction of sp³-hybridized carbons (Fsp3) is 0.500. The van der Waals surface area contributed by atoms with E-state index in [1.54, 1.807) is 14.0 Å². The van der Waals surface area contributed by atoms with Gasteiger partial charge in [-0.3, -0.25) is 9.59 Å². The number of allylic oxidation sites excluding steroid dienone is 1. The van der Waals surface area contributed by atoms with Gasteiger partial charge in [-0.15, -0.1) is 12.6 Å². The van der Waals surface area contributed by atoms with Crippen molar-refractivity contribution in [2.24, 2.45) is 0 Å². The van der Waals surface area contributed by atoms with Gasteiger partial charge in [0.2, 0.25) is 0 Å². The normalized spacial score (nSPS) is 14.0. The molecular weight excluding hydrogens is 204 g/mol. The fourth-order valence-electron chi connectivity index (χ4n) is 0.615. The molecule has 0 rings (SSSR count). The van der Waals surface area contributed by atoms with E-state index in [1.165, 1.54) is 6.92 Å². The maximum atomic E-state index is 11.3. The molecule has 0 aromatic rings. The largest absolute Gasteiger partial charge is 0.480 e. The SMILES string of the molecule is CN/C(C)=C(\S)C(=O)NC(C)C(=O)O. The maximum absolute atomic E-state index is 11.3. The molecule has 14 heavy (non-hydrogen) atoms. The molecule has 6 heteroatoms. The molecular formula is C8H14N2O3S.